The highest BCUT2D eigenvalue weighted by Crippen LogP contribution is 2.31. The average molecular weight is 445 g/mol. The number of rotatable bonds is 4. The number of benzene rings is 2. The van der Waals surface area contributed by atoms with E-state index in [0.717, 1.165) is 0 Å². The number of carbonyl (C=O) groups is 1. The minimum Gasteiger partial charge on any atom is -0.291 e. The van der Waals surface area contributed by atoms with Crippen LogP contribution in [-0.4, -0.2) is 24.4 Å². The molecule has 0 fully saturated rings. The number of aromatic nitrogens is 2. The molecule has 1 aromatic heterocycles. The largest absolute Gasteiger partial charge is 0.327 e. The molecule has 0 saturated carbocycles. The summed E-state index contributed by atoms with van der Waals surface area (Å²) < 4.78 is 25.3. The molecule has 9 heteroatoms. The number of nitrogens with one attached hydrogen (secondary N) is 1. The number of carbonyl (C=O) groups excluding carboxylic acids is 1. The number of hydrogen-bond donors (Lipinski definition) is 1. The molecule has 0 aliphatic carbocycles. The Kier molecular flexibility index (Phi) is 6.69. The smallest absolute Gasteiger partial charge is 0.291 e. The van der Waals surface area contributed by atoms with Crippen LogP contribution in [0.3, 0.4) is 0 Å². The van der Waals surface area contributed by atoms with Gasteiger partial charge in [0.2, 0.25) is 15.0 Å². The summed E-state index contributed by atoms with van der Waals surface area (Å²) in [6.45, 7) is 4.18. The number of urea groups is 1. The molecule has 4 rings (SSSR count). The van der Waals surface area contributed by atoms with E-state index in [9.17, 15) is 13.2 Å². The first-order valence-electron chi connectivity index (χ1n) is 9.40. The maximum atomic E-state index is 12.6. The second kappa shape index (κ2) is 9.23. The Bertz CT molecular complexity index is 1150. The Hall–Kier alpha value is -2.97. The van der Waals surface area contributed by atoms with Crippen LogP contribution >= 0.6 is 11.6 Å². The van der Waals surface area contributed by atoms with Crippen LogP contribution < -0.4 is 10.2 Å². The van der Waals surface area contributed by atoms with E-state index >= 15 is 0 Å². The Labute approximate surface area is 180 Å². The van der Waals surface area contributed by atoms with E-state index in [-0.39, 0.29) is 23.3 Å². The topological polar surface area (TPSA) is 92.3 Å². The van der Waals surface area contributed by atoms with Crippen LogP contribution in [0.4, 0.5) is 16.3 Å². The van der Waals surface area contributed by atoms with Gasteiger partial charge in [-0.2, -0.15) is 0 Å². The van der Waals surface area contributed by atoms with Crippen LogP contribution in [0.1, 0.15) is 25.0 Å². The molecule has 0 atom stereocenters. The molecule has 1 aliphatic rings. The van der Waals surface area contributed by atoms with Crippen molar-refractivity contribution in [2.24, 2.45) is 0 Å². The number of hydrogen-bond acceptors (Lipinski definition) is 5. The standard InChI is InChI=1S/C19H15ClN4O3S.C2H6/c20-15-8-4-5-9-16(15)24-11-14-10-21-18(22-17(14)23-19(24)25)28(26,27)12-13-6-2-1-3-7-13;1-2/h1-10H,11-12H2,(H,21,22,23,25);1-2H3. The summed E-state index contributed by atoms with van der Waals surface area (Å²) >= 11 is 6.18. The highest BCUT2D eigenvalue weighted by atomic mass is 35.5. The van der Waals surface area contributed by atoms with E-state index in [1.807, 2.05) is 19.9 Å². The third kappa shape index (κ3) is 4.60. The monoisotopic (exact) mass is 444 g/mol. The molecular weight excluding hydrogens is 424 g/mol. The number of para-hydroxylation sites is 1. The van der Waals surface area contributed by atoms with Crippen molar-refractivity contribution in [3.63, 3.8) is 0 Å². The van der Waals surface area contributed by atoms with Crippen LogP contribution in [0.25, 0.3) is 0 Å². The van der Waals surface area contributed by atoms with Crippen LogP contribution in [0, 0.1) is 0 Å². The second-order valence-corrected chi connectivity index (χ2v) is 8.53. The molecule has 1 aliphatic heterocycles. The van der Waals surface area contributed by atoms with Gasteiger partial charge in [0, 0.05) is 11.8 Å². The van der Waals surface area contributed by atoms with Gasteiger partial charge < -0.3 is 0 Å². The number of anilines is 2. The Morgan fingerprint density at radius 3 is 2.43 bits per heavy atom. The zero-order chi connectivity index (χ0) is 21.7. The maximum absolute atomic E-state index is 12.6. The van der Waals surface area contributed by atoms with Crippen LogP contribution in [0.2, 0.25) is 5.02 Å². The van der Waals surface area contributed by atoms with E-state index in [0.29, 0.717) is 21.8 Å². The molecule has 0 radical (unpaired) electrons. The molecule has 7 nitrogen and oxygen atoms in total. The van der Waals surface area contributed by atoms with Crippen LogP contribution in [0.15, 0.2) is 66.0 Å². The van der Waals surface area contributed by atoms with Crippen molar-refractivity contribution in [1.82, 2.24) is 9.97 Å². The first kappa shape index (κ1) is 21.7. The summed E-state index contributed by atoms with van der Waals surface area (Å²) in [5, 5.41) is 2.74. The molecule has 2 aromatic carbocycles. The van der Waals surface area contributed by atoms with Crippen LogP contribution in [-0.2, 0) is 22.1 Å². The summed E-state index contributed by atoms with van der Waals surface area (Å²) in [5.41, 5.74) is 1.78. The lowest BCUT2D eigenvalue weighted by Gasteiger charge is -2.29. The SMILES string of the molecule is CC.O=C1Nc2nc(S(=O)(=O)Cc3ccccc3)ncc2CN1c1ccccc1Cl. The third-order valence-corrected chi connectivity index (χ3v) is 6.05. The van der Waals surface area contributed by atoms with Crippen molar-refractivity contribution in [3.05, 3.63) is 76.9 Å². The molecule has 2 amide bonds. The number of nitrogens with zero attached hydrogens (tertiary/aromatic N) is 3. The fourth-order valence-corrected chi connectivity index (χ4v) is 4.34. The second-order valence-electron chi connectivity index (χ2n) is 6.24. The first-order chi connectivity index (χ1) is 14.4. The van der Waals surface area contributed by atoms with Gasteiger partial charge in [0.05, 0.1) is 23.0 Å². The normalized spacial score (nSPS) is 13.0. The minimum absolute atomic E-state index is 0.184. The summed E-state index contributed by atoms with van der Waals surface area (Å²) in [6.07, 6.45) is 1.42. The predicted octanol–water partition coefficient (Wildman–Crippen LogP) is 4.68. The Morgan fingerprint density at radius 1 is 1.07 bits per heavy atom. The molecule has 2 heterocycles. The van der Waals surface area contributed by atoms with Gasteiger partial charge in [0.15, 0.2) is 0 Å². The van der Waals surface area contributed by atoms with E-state index < -0.39 is 15.9 Å². The van der Waals surface area contributed by atoms with Crippen molar-refractivity contribution >= 4 is 39.0 Å². The molecule has 0 saturated heterocycles. The Morgan fingerprint density at radius 2 is 1.73 bits per heavy atom. The van der Waals surface area contributed by atoms with E-state index in [1.54, 1.807) is 48.5 Å². The summed E-state index contributed by atoms with van der Waals surface area (Å²) in [4.78, 5) is 22.1. The number of amides is 2. The van der Waals surface area contributed by atoms with Gasteiger partial charge in [0.1, 0.15) is 5.82 Å². The van der Waals surface area contributed by atoms with Gasteiger partial charge in [-0.05, 0) is 17.7 Å². The predicted molar refractivity (Wildman–Crippen MR) is 117 cm³/mol. The lowest BCUT2D eigenvalue weighted by atomic mass is 10.2. The fraction of sp³-hybridized carbons (Fsp3) is 0.190. The molecule has 0 spiro atoms. The highest BCUT2D eigenvalue weighted by molar-refractivity contribution is 7.90. The van der Waals surface area contributed by atoms with Gasteiger partial charge >= 0.3 is 6.03 Å². The first-order valence-corrected chi connectivity index (χ1v) is 11.4. The molecular formula is C21H21ClN4O3S. The summed E-state index contributed by atoms with van der Waals surface area (Å²) in [5.74, 6) is -0.0262. The van der Waals surface area contributed by atoms with Crippen molar-refractivity contribution in [3.8, 4) is 0 Å². The minimum atomic E-state index is -3.74. The summed E-state index contributed by atoms with van der Waals surface area (Å²) in [6, 6.07) is 15.3. The molecule has 30 heavy (non-hydrogen) atoms. The Balaban J connectivity index is 0.00000124. The highest BCUT2D eigenvalue weighted by Gasteiger charge is 2.29. The van der Waals surface area contributed by atoms with Gasteiger partial charge in [-0.1, -0.05) is 67.9 Å². The molecule has 1 N–H and O–H groups in total. The quantitative estimate of drug-likeness (QED) is 0.589. The number of fused-ring (bicyclic) bond motifs is 1. The van der Waals surface area contributed by atoms with Crippen molar-refractivity contribution < 1.29 is 13.2 Å². The molecule has 0 unspecified atom stereocenters. The number of sulfone groups is 1. The summed E-state index contributed by atoms with van der Waals surface area (Å²) in [7, 11) is -3.74. The maximum Gasteiger partial charge on any atom is 0.327 e. The third-order valence-electron chi connectivity index (χ3n) is 4.26. The van der Waals surface area contributed by atoms with Crippen LogP contribution in [0.5, 0.6) is 0 Å². The van der Waals surface area contributed by atoms with Crippen molar-refractivity contribution in [2.45, 2.75) is 31.3 Å². The van der Waals surface area contributed by atoms with E-state index in [2.05, 4.69) is 15.3 Å². The van der Waals surface area contributed by atoms with Gasteiger partial charge in [-0.3, -0.25) is 10.2 Å². The van der Waals surface area contributed by atoms with Crippen molar-refractivity contribution in [2.75, 3.05) is 10.2 Å². The zero-order valence-electron chi connectivity index (χ0n) is 16.5. The molecule has 3 aromatic rings. The molecule has 0 bridgehead atoms. The lowest BCUT2D eigenvalue weighted by Crippen LogP contribution is -2.39. The average Bonchev–Trinajstić information content (AvgIpc) is 2.75. The van der Waals surface area contributed by atoms with Crippen molar-refractivity contribution in [1.29, 1.82) is 0 Å². The zero-order valence-corrected chi connectivity index (χ0v) is 18.1. The lowest BCUT2D eigenvalue weighted by molar-refractivity contribution is 0.256. The van der Waals surface area contributed by atoms with E-state index in [4.69, 9.17) is 11.6 Å². The van der Waals surface area contributed by atoms with Gasteiger partial charge in [-0.15, -0.1) is 0 Å². The fourth-order valence-electron chi connectivity index (χ4n) is 2.90. The number of halogens is 1. The van der Waals surface area contributed by atoms with E-state index in [1.165, 1.54) is 11.1 Å². The van der Waals surface area contributed by atoms with Gasteiger partial charge in [-0.25, -0.2) is 23.2 Å². The molecule has 156 valence electrons. The van der Waals surface area contributed by atoms with Gasteiger partial charge in [0.25, 0.3) is 0 Å².